The predicted molar refractivity (Wildman–Crippen MR) is 174 cm³/mol. The Bertz CT molecular complexity index is 881. The first kappa shape index (κ1) is 37.4. The van der Waals surface area contributed by atoms with Gasteiger partial charge in [-0.2, -0.15) is 5.26 Å². The summed E-state index contributed by atoms with van der Waals surface area (Å²) in [6.45, 7) is 4.46. The van der Waals surface area contributed by atoms with E-state index in [0.717, 1.165) is 38.6 Å². The molecule has 0 radical (unpaired) electrons. The van der Waals surface area contributed by atoms with Crippen LogP contribution in [-0.4, -0.2) is 50.6 Å². The van der Waals surface area contributed by atoms with Crippen LogP contribution in [0.2, 0.25) is 0 Å². The quantitative estimate of drug-likeness (QED) is 0.106. The number of nitriles is 1. The van der Waals surface area contributed by atoms with Gasteiger partial charge in [-0.1, -0.05) is 116 Å². The van der Waals surface area contributed by atoms with E-state index < -0.39 is 6.09 Å². The van der Waals surface area contributed by atoms with Gasteiger partial charge < -0.3 is 20.3 Å². The van der Waals surface area contributed by atoms with Crippen LogP contribution < -0.4 is 10.6 Å². The van der Waals surface area contributed by atoms with Crippen molar-refractivity contribution in [3.63, 3.8) is 0 Å². The van der Waals surface area contributed by atoms with Crippen molar-refractivity contribution in [1.82, 2.24) is 15.5 Å². The number of rotatable bonds is 26. The molecule has 0 aliphatic heterocycles. The zero-order chi connectivity index (χ0) is 30.7. The lowest BCUT2D eigenvalue weighted by Crippen LogP contribution is -2.27. The van der Waals surface area contributed by atoms with Gasteiger partial charge in [-0.15, -0.1) is 0 Å². The molecule has 0 spiro atoms. The van der Waals surface area contributed by atoms with E-state index in [9.17, 15) is 14.9 Å². The molecule has 0 saturated carbocycles. The third-order valence-electron chi connectivity index (χ3n) is 7.71. The predicted octanol–water partition coefficient (Wildman–Crippen LogP) is 8.51. The highest BCUT2D eigenvalue weighted by Crippen LogP contribution is 2.15. The van der Waals surface area contributed by atoms with E-state index in [0.29, 0.717) is 29.8 Å². The maximum atomic E-state index is 12.9. The topological polar surface area (TPSA) is 94.5 Å². The highest BCUT2D eigenvalue weighted by atomic mass is 16.5. The van der Waals surface area contributed by atoms with Crippen LogP contribution in [0.5, 0.6) is 0 Å². The van der Waals surface area contributed by atoms with Gasteiger partial charge in [0.2, 0.25) is 0 Å². The number of nitrogens with zero attached hydrogens (tertiary/aromatic N) is 2. The summed E-state index contributed by atoms with van der Waals surface area (Å²) in [5, 5.41) is 15.0. The maximum Gasteiger partial charge on any atom is 0.407 e. The molecule has 0 saturated heterocycles. The van der Waals surface area contributed by atoms with Crippen molar-refractivity contribution in [3.05, 3.63) is 34.9 Å². The van der Waals surface area contributed by atoms with Gasteiger partial charge in [-0.05, 0) is 52.0 Å². The van der Waals surface area contributed by atoms with E-state index in [1.807, 2.05) is 0 Å². The third kappa shape index (κ3) is 20.3. The number of nitrogens with one attached hydrogen (secondary N) is 2. The van der Waals surface area contributed by atoms with Crippen LogP contribution in [-0.2, 0) is 11.3 Å². The molecule has 2 N–H and O–H groups in total. The van der Waals surface area contributed by atoms with E-state index in [1.54, 1.807) is 18.2 Å². The first-order valence-corrected chi connectivity index (χ1v) is 16.8. The smallest absolute Gasteiger partial charge is 0.407 e. The van der Waals surface area contributed by atoms with Crippen molar-refractivity contribution in [2.45, 2.75) is 136 Å². The molecule has 2 amide bonds. The average Bonchev–Trinajstić information content (AvgIpc) is 2.99. The van der Waals surface area contributed by atoms with E-state index in [4.69, 9.17) is 4.74 Å². The molecular weight excluding hydrogens is 524 g/mol. The molecule has 7 nitrogen and oxygen atoms in total. The Balaban J connectivity index is 2.17. The Morgan fingerprint density at radius 2 is 1.24 bits per heavy atom. The van der Waals surface area contributed by atoms with Gasteiger partial charge in [0.1, 0.15) is 6.61 Å². The SMILES string of the molecule is CCCCCCCCCCCCCCCCCCNC(=O)c1cc(C#N)ccc1COC(=O)NCCCCCN(C)C. The molecule has 7 heteroatoms. The number of hydrogen-bond acceptors (Lipinski definition) is 5. The minimum atomic E-state index is -0.494. The van der Waals surface area contributed by atoms with Crippen molar-refractivity contribution in [3.8, 4) is 6.07 Å². The molecule has 0 atom stereocenters. The van der Waals surface area contributed by atoms with Crippen LogP contribution in [0, 0.1) is 11.3 Å². The van der Waals surface area contributed by atoms with Crippen LogP contribution in [0.1, 0.15) is 150 Å². The number of alkyl carbamates (subject to hydrolysis) is 1. The van der Waals surface area contributed by atoms with Crippen LogP contribution >= 0.6 is 0 Å². The van der Waals surface area contributed by atoms with Crippen molar-refractivity contribution < 1.29 is 14.3 Å². The number of carbonyl (C=O) groups excluding carboxylic acids is 2. The average molecular weight is 585 g/mol. The minimum Gasteiger partial charge on any atom is -0.445 e. The second-order valence-corrected chi connectivity index (χ2v) is 11.9. The summed E-state index contributed by atoms with van der Waals surface area (Å²) in [5.74, 6) is -0.229. The largest absolute Gasteiger partial charge is 0.445 e. The first-order chi connectivity index (χ1) is 20.5. The van der Waals surface area contributed by atoms with Crippen molar-refractivity contribution in [2.75, 3.05) is 33.7 Å². The van der Waals surface area contributed by atoms with Gasteiger partial charge in [-0.3, -0.25) is 4.79 Å². The Hall–Kier alpha value is -2.59. The summed E-state index contributed by atoms with van der Waals surface area (Å²) in [7, 11) is 4.10. The number of amides is 2. The fourth-order valence-corrected chi connectivity index (χ4v) is 5.07. The third-order valence-corrected chi connectivity index (χ3v) is 7.71. The lowest BCUT2D eigenvalue weighted by Gasteiger charge is -2.12. The van der Waals surface area contributed by atoms with Gasteiger partial charge in [-0.25, -0.2) is 4.79 Å². The van der Waals surface area contributed by atoms with E-state index in [1.165, 1.54) is 89.9 Å². The van der Waals surface area contributed by atoms with Crippen LogP contribution in [0.25, 0.3) is 0 Å². The molecule has 1 rings (SSSR count). The maximum absolute atomic E-state index is 12.9. The van der Waals surface area contributed by atoms with E-state index in [-0.39, 0.29) is 12.5 Å². The molecule has 42 heavy (non-hydrogen) atoms. The van der Waals surface area contributed by atoms with Crippen LogP contribution in [0.3, 0.4) is 0 Å². The first-order valence-electron chi connectivity index (χ1n) is 16.8. The monoisotopic (exact) mass is 584 g/mol. The summed E-state index contributed by atoms with van der Waals surface area (Å²) in [5.41, 5.74) is 1.40. The van der Waals surface area contributed by atoms with Gasteiger partial charge in [0.05, 0.1) is 11.6 Å². The standard InChI is InChI=1S/C35H60N4O3/c1-4-5-6-7-8-9-10-11-12-13-14-15-16-17-18-20-25-37-34(40)33-28-31(29-36)23-24-32(33)30-42-35(41)38-26-21-19-22-27-39(2)3/h23-24,28H,4-22,25-27,30H2,1-3H3,(H,37,40)(H,38,41). The molecular formula is C35H60N4O3. The summed E-state index contributed by atoms with van der Waals surface area (Å²) < 4.78 is 5.35. The van der Waals surface area contributed by atoms with Gasteiger partial charge >= 0.3 is 6.09 Å². The molecule has 0 aromatic heterocycles. The molecule has 1 aromatic carbocycles. The molecule has 0 unspecified atom stereocenters. The second-order valence-electron chi connectivity index (χ2n) is 11.9. The molecule has 0 heterocycles. The number of carbonyl (C=O) groups is 2. The number of unbranched alkanes of at least 4 members (excludes halogenated alkanes) is 17. The van der Waals surface area contributed by atoms with E-state index >= 15 is 0 Å². The Morgan fingerprint density at radius 3 is 1.76 bits per heavy atom. The van der Waals surface area contributed by atoms with Gasteiger partial charge in [0, 0.05) is 24.2 Å². The Labute approximate surface area is 257 Å². The molecule has 0 aliphatic carbocycles. The summed E-state index contributed by atoms with van der Waals surface area (Å²) in [6, 6.07) is 7.00. The summed E-state index contributed by atoms with van der Waals surface area (Å²) in [4.78, 5) is 27.1. The van der Waals surface area contributed by atoms with Crippen molar-refractivity contribution in [2.24, 2.45) is 0 Å². The lowest BCUT2D eigenvalue weighted by molar-refractivity contribution is 0.0946. The second kappa shape index (κ2) is 26.1. The molecule has 1 aromatic rings. The normalized spacial score (nSPS) is 10.9. The molecule has 0 bridgehead atoms. The fraction of sp³-hybridized carbons (Fsp3) is 0.743. The van der Waals surface area contributed by atoms with Gasteiger partial charge in [0.25, 0.3) is 5.91 Å². The van der Waals surface area contributed by atoms with E-state index in [2.05, 4.69) is 42.6 Å². The Morgan fingerprint density at radius 1 is 0.738 bits per heavy atom. The summed E-state index contributed by atoms with van der Waals surface area (Å²) >= 11 is 0. The zero-order valence-electron chi connectivity index (χ0n) is 27.1. The number of hydrogen-bond donors (Lipinski definition) is 2. The fourth-order valence-electron chi connectivity index (χ4n) is 5.07. The highest BCUT2D eigenvalue weighted by Gasteiger charge is 2.14. The summed E-state index contributed by atoms with van der Waals surface area (Å²) in [6.07, 6.45) is 23.6. The van der Waals surface area contributed by atoms with Crippen LogP contribution in [0.15, 0.2) is 18.2 Å². The zero-order valence-corrected chi connectivity index (χ0v) is 27.1. The van der Waals surface area contributed by atoms with Crippen molar-refractivity contribution >= 4 is 12.0 Å². The molecule has 238 valence electrons. The van der Waals surface area contributed by atoms with Crippen LogP contribution in [0.4, 0.5) is 4.79 Å². The Kier molecular flexibility index (Phi) is 23.2. The highest BCUT2D eigenvalue weighted by molar-refractivity contribution is 5.96. The van der Waals surface area contributed by atoms with Gasteiger partial charge in [0.15, 0.2) is 0 Å². The molecule has 0 aliphatic rings. The molecule has 0 fully saturated rings. The minimum absolute atomic E-state index is 0.0139. The van der Waals surface area contributed by atoms with Crippen molar-refractivity contribution in [1.29, 1.82) is 5.26 Å². The number of ether oxygens (including phenoxy) is 1. The lowest BCUT2D eigenvalue weighted by atomic mass is 10.0. The number of benzene rings is 1.